The van der Waals surface area contributed by atoms with E-state index in [4.69, 9.17) is 28.4 Å². The highest BCUT2D eigenvalue weighted by atomic mass is 16.8. The van der Waals surface area contributed by atoms with Gasteiger partial charge in [-0.25, -0.2) is 9.59 Å². The van der Waals surface area contributed by atoms with Gasteiger partial charge < -0.3 is 28.4 Å². The van der Waals surface area contributed by atoms with Crippen molar-refractivity contribution in [3.05, 3.63) is 0 Å². The maximum Gasteiger partial charge on any atom is 0.508 e. The number of hydrogen-bond donors (Lipinski definition) is 0. The fourth-order valence-corrected chi connectivity index (χ4v) is 5.07. The Bertz CT molecular complexity index is 634. The van der Waals surface area contributed by atoms with E-state index in [1.165, 1.54) is 25.7 Å². The van der Waals surface area contributed by atoms with E-state index in [0.29, 0.717) is 25.0 Å². The summed E-state index contributed by atoms with van der Waals surface area (Å²) in [5.74, 6) is 0.619. The van der Waals surface area contributed by atoms with E-state index in [2.05, 4.69) is 41.5 Å². The van der Waals surface area contributed by atoms with Crippen molar-refractivity contribution in [2.45, 2.75) is 142 Å². The van der Waals surface area contributed by atoms with Gasteiger partial charge in [-0.05, 0) is 78.1 Å². The third kappa shape index (κ3) is 13.5. The zero-order valence-corrected chi connectivity index (χ0v) is 24.9. The average Bonchev–Trinajstić information content (AvgIpc) is 3.48. The van der Waals surface area contributed by atoms with Gasteiger partial charge in [-0.3, -0.25) is 0 Å². The summed E-state index contributed by atoms with van der Waals surface area (Å²) in [7, 11) is 0. The molecule has 0 aromatic rings. The fraction of sp³-hybridized carbons (Fsp3) is 0.933. The first kappa shape index (κ1) is 32.7. The van der Waals surface area contributed by atoms with Crippen LogP contribution in [0.15, 0.2) is 0 Å². The molecule has 0 bridgehead atoms. The predicted molar refractivity (Wildman–Crippen MR) is 146 cm³/mol. The molecular formula is C30H54O8. The van der Waals surface area contributed by atoms with Crippen LogP contribution < -0.4 is 0 Å². The summed E-state index contributed by atoms with van der Waals surface area (Å²) in [6, 6.07) is 0. The zero-order chi connectivity index (χ0) is 28.0. The van der Waals surface area contributed by atoms with Crippen LogP contribution in [0, 0.1) is 11.8 Å². The minimum atomic E-state index is -0.539. The van der Waals surface area contributed by atoms with Gasteiger partial charge in [0.05, 0.1) is 11.2 Å². The Hall–Kier alpha value is -1.54. The molecule has 0 spiro atoms. The number of ether oxygens (including phenoxy) is 6. The van der Waals surface area contributed by atoms with Gasteiger partial charge in [-0.15, -0.1) is 0 Å². The van der Waals surface area contributed by atoms with Crippen LogP contribution in [0.3, 0.4) is 0 Å². The van der Waals surface area contributed by atoms with Crippen LogP contribution in [0.1, 0.15) is 119 Å². The molecule has 8 heteroatoms. The number of rotatable bonds is 21. The molecule has 0 aliphatic carbocycles. The smallest absolute Gasteiger partial charge is 0.430 e. The minimum Gasteiger partial charge on any atom is -0.430 e. The van der Waals surface area contributed by atoms with Gasteiger partial charge in [0.15, 0.2) is 0 Å². The molecule has 2 saturated heterocycles. The number of carbonyl (C=O) groups excluding carboxylic acids is 2. The quantitative estimate of drug-likeness (QED) is 0.108. The van der Waals surface area contributed by atoms with Crippen molar-refractivity contribution in [3.63, 3.8) is 0 Å². The molecule has 0 amide bonds. The van der Waals surface area contributed by atoms with Crippen LogP contribution >= 0.6 is 0 Å². The summed E-state index contributed by atoms with van der Waals surface area (Å²) in [5.41, 5.74) is -0.245. The molecule has 8 nitrogen and oxygen atoms in total. The van der Waals surface area contributed by atoms with Crippen LogP contribution in [-0.4, -0.2) is 62.1 Å². The highest BCUT2D eigenvalue weighted by Gasteiger charge is 2.31. The van der Waals surface area contributed by atoms with E-state index >= 15 is 0 Å². The minimum absolute atomic E-state index is 0.105. The van der Waals surface area contributed by atoms with Crippen LogP contribution in [-0.2, 0) is 28.4 Å². The predicted octanol–water partition coefficient (Wildman–Crippen LogP) is 7.60. The van der Waals surface area contributed by atoms with E-state index in [0.717, 1.165) is 64.6 Å². The second-order valence-corrected chi connectivity index (χ2v) is 12.5. The van der Waals surface area contributed by atoms with Crippen LogP contribution in [0.25, 0.3) is 0 Å². The SMILES string of the molecule is CC(CCCC(C)(C)OCCCCCCCCOC(C)(C)CCCC(C)C1COC(=O)O1)C1COC(=O)O1. The van der Waals surface area contributed by atoms with Crippen molar-refractivity contribution >= 4 is 12.3 Å². The number of cyclic esters (lactones) is 4. The van der Waals surface area contributed by atoms with E-state index in [1.54, 1.807) is 0 Å². The molecule has 2 fully saturated rings. The Morgan fingerprint density at radius 3 is 1.37 bits per heavy atom. The topological polar surface area (TPSA) is 89.5 Å². The molecule has 38 heavy (non-hydrogen) atoms. The first-order valence-electron chi connectivity index (χ1n) is 14.9. The third-order valence-electron chi connectivity index (χ3n) is 7.90. The highest BCUT2D eigenvalue weighted by Crippen LogP contribution is 2.26. The first-order chi connectivity index (χ1) is 18.0. The van der Waals surface area contributed by atoms with Crippen LogP contribution in [0.2, 0.25) is 0 Å². The second kappa shape index (κ2) is 16.5. The molecule has 4 atom stereocenters. The standard InChI is InChI=1S/C30H54O8/c1-23(25-21-33-27(31)37-25)15-13-17-29(3,4)35-19-11-9-7-8-10-12-20-36-30(5,6)18-14-16-24(2)26-22-34-28(32)38-26/h23-26H,7-22H2,1-6H3. The monoisotopic (exact) mass is 542 g/mol. The third-order valence-corrected chi connectivity index (χ3v) is 7.90. The maximum absolute atomic E-state index is 11.1. The van der Waals surface area contributed by atoms with Gasteiger partial charge in [0, 0.05) is 13.2 Å². The van der Waals surface area contributed by atoms with Crippen molar-refractivity contribution in [1.82, 2.24) is 0 Å². The largest absolute Gasteiger partial charge is 0.508 e. The van der Waals surface area contributed by atoms with Crippen molar-refractivity contribution in [3.8, 4) is 0 Å². The number of hydrogen-bond acceptors (Lipinski definition) is 8. The molecule has 0 N–H and O–H groups in total. The summed E-state index contributed by atoms with van der Waals surface area (Å²) in [6.45, 7) is 15.3. The van der Waals surface area contributed by atoms with Crippen LogP contribution in [0.4, 0.5) is 9.59 Å². The Labute approximate surface area is 230 Å². The van der Waals surface area contributed by atoms with Crippen molar-refractivity contribution in [1.29, 1.82) is 0 Å². The van der Waals surface area contributed by atoms with E-state index < -0.39 is 12.3 Å². The summed E-state index contributed by atoms with van der Waals surface area (Å²) in [5, 5.41) is 0. The van der Waals surface area contributed by atoms with Gasteiger partial charge in [-0.2, -0.15) is 0 Å². The molecule has 4 unspecified atom stereocenters. The van der Waals surface area contributed by atoms with Gasteiger partial charge in [0.2, 0.25) is 0 Å². The number of carbonyl (C=O) groups is 2. The first-order valence-corrected chi connectivity index (χ1v) is 14.9. The zero-order valence-electron chi connectivity index (χ0n) is 24.9. The maximum atomic E-state index is 11.1. The van der Waals surface area contributed by atoms with Crippen molar-refractivity contribution < 1.29 is 38.0 Å². The lowest BCUT2D eigenvalue weighted by molar-refractivity contribution is -0.0291. The Morgan fingerprint density at radius 2 is 1.03 bits per heavy atom. The summed E-state index contributed by atoms with van der Waals surface area (Å²) < 4.78 is 32.5. The van der Waals surface area contributed by atoms with Crippen LogP contribution in [0.5, 0.6) is 0 Å². The average molecular weight is 543 g/mol. The lowest BCUT2D eigenvalue weighted by Crippen LogP contribution is -2.26. The summed E-state index contributed by atoms with van der Waals surface area (Å²) >= 11 is 0. The molecule has 2 heterocycles. The number of unbranched alkanes of at least 4 members (excludes halogenated alkanes) is 5. The van der Waals surface area contributed by atoms with E-state index in [9.17, 15) is 9.59 Å². The Kier molecular flexibility index (Phi) is 14.2. The van der Waals surface area contributed by atoms with Crippen molar-refractivity contribution in [2.24, 2.45) is 11.8 Å². The second-order valence-electron chi connectivity index (χ2n) is 12.5. The molecule has 0 aromatic heterocycles. The molecular weight excluding hydrogens is 488 g/mol. The summed E-state index contributed by atoms with van der Waals surface area (Å²) in [4.78, 5) is 22.2. The molecule has 0 aromatic carbocycles. The summed E-state index contributed by atoms with van der Waals surface area (Å²) in [6.07, 6.45) is 11.9. The van der Waals surface area contributed by atoms with E-state index in [-0.39, 0.29) is 23.4 Å². The lowest BCUT2D eigenvalue weighted by Gasteiger charge is -2.26. The Balaban J connectivity index is 1.39. The molecule has 2 aliphatic heterocycles. The highest BCUT2D eigenvalue weighted by molar-refractivity contribution is 5.62. The fourth-order valence-electron chi connectivity index (χ4n) is 5.07. The normalized spacial score (nSPS) is 21.5. The molecule has 0 radical (unpaired) electrons. The van der Waals surface area contributed by atoms with Crippen molar-refractivity contribution in [2.75, 3.05) is 26.4 Å². The van der Waals surface area contributed by atoms with Gasteiger partial charge in [0.25, 0.3) is 0 Å². The molecule has 0 saturated carbocycles. The van der Waals surface area contributed by atoms with E-state index in [1.807, 2.05) is 0 Å². The lowest BCUT2D eigenvalue weighted by atomic mass is 9.94. The van der Waals surface area contributed by atoms with Gasteiger partial charge in [-0.1, -0.05) is 52.4 Å². The van der Waals surface area contributed by atoms with Gasteiger partial charge >= 0.3 is 12.3 Å². The van der Waals surface area contributed by atoms with Gasteiger partial charge in [0.1, 0.15) is 25.4 Å². The molecule has 2 rings (SSSR count). The molecule has 222 valence electrons. The molecule has 2 aliphatic rings. The Morgan fingerprint density at radius 1 is 0.658 bits per heavy atom.